The summed E-state index contributed by atoms with van der Waals surface area (Å²) in [7, 11) is -1.36. The van der Waals surface area contributed by atoms with Gasteiger partial charge in [-0.3, -0.25) is 0 Å². The van der Waals surface area contributed by atoms with Gasteiger partial charge in [0.2, 0.25) is 0 Å². The number of methoxy groups -OCH3 is 1. The highest BCUT2D eigenvalue weighted by molar-refractivity contribution is 6.99. The van der Waals surface area contributed by atoms with Crippen LogP contribution in [0.15, 0.2) is 127 Å². The maximum absolute atomic E-state index is 13.5. The van der Waals surface area contributed by atoms with Crippen molar-refractivity contribution in [1.29, 1.82) is 0 Å². The molecule has 0 aliphatic heterocycles. The smallest absolute Gasteiger partial charge is 0.407 e. The second-order valence-corrected chi connectivity index (χ2v) is 20.8. The second kappa shape index (κ2) is 20.6. The molecule has 3 N–H and O–H groups in total. The van der Waals surface area contributed by atoms with Crippen molar-refractivity contribution in [2.24, 2.45) is 0 Å². The summed E-state index contributed by atoms with van der Waals surface area (Å²) >= 11 is 0. The van der Waals surface area contributed by atoms with Crippen LogP contribution in [0, 0.1) is 11.8 Å². The summed E-state index contributed by atoms with van der Waals surface area (Å²) in [6, 6.07) is 42.6. The monoisotopic (exact) mass is 809 g/mol. The van der Waals surface area contributed by atoms with Crippen molar-refractivity contribution in [3.63, 3.8) is 0 Å². The van der Waals surface area contributed by atoms with E-state index in [4.69, 9.17) is 13.9 Å². The van der Waals surface area contributed by atoms with Gasteiger partial charge in [0.1, 0.15) is 24.2 Å². The SMILES string of the molecule is COc1ccc2cc1-c1cc(ccc1O)CCC(O)C#CCCCC[C@@H](NC(=O)OCc1ccccc1)C[C@@H](O[Si](c1ccccc1)(c1ccccc1)C(C)(C)C)CC2. The first-order valence-electron chi connectivity index (χ1n) is 21.0. The van der Waals surface area contributed by atoms with Crippen molar-refractivity contribution in [2.75, 3.05) is 7.11 Å². The Bertz CT molecular complexity index is 2120. The summed E-state index contributed by atoms with van der Waals surface area (Å²) < 4.78 is 19.5. The Kier molecular flexibility index (Phi) is 15.1. The molecule has 1 unspecified atom stereocenters. The number of phenolic OH excluding ortho intramolecular Hbond substituents is 1. The molecule has 4 bridgehead atoms. The Morgan fingerprint density at radius 2 is 1.39 bits per heavy atom. The Morgan fingerprint density at radius 1 is 0.780 bits per heavy atom. The number of ether oxygens (including phenoxy) is 2. The van der Waals surface area contributed by atoms with Gasteiger partial charge in [-0.15, -0.1) is 5.92 Å². The van der Waals surface area contributed by atoms with Gasteiger partial charge < -0.3 is 29.4 Å². The predicted octanol–water partition coefficient (Wildman–Crippen LogP) is 9.50. The Morgan fingerprint density at radius 3 is 2.03 bits per heavy atom. The molecule has 1 aliphatic carbocycles. The molecule has 6 rings (SSSR count). The molecule has 0 saturated carbocycles. The van der Waals surface area contributed by atoms with Crippen molar-refractivity contribution in [1.82, 2.24) is 5.32 Å². The molecule has 0 aromatic heterocycles. The summed E-state index contributed by atoms with van der Waals surface area (Å²) in [5.74, 6) is 7.04. The lowest BCUT2D eigenvalue weighted by molar-refractivity contribution is 0.122. The first kappa shape index (κ1) is 43.3. The number of aryl methyl sites for hydroxylation is 2. The average molecular weight is 810 g/mol. The van der Waals surface area contributed by atoms with Crippen LogP contribution in [-0.2, 0) is 28.6 Å². The molecule has 0 saturated heterocycles. The third-order valence-electron chi connectivity index (χ3n) is 11.3. The van der Waals surface area contributed by atoms with Gasteiger partial charge in [0.05, 0.1) is 7.11 Å². The van der Waals surface area contributed by atoms with E-state index in [-0.39, 0.29) is 29.5 Å². The van der Waals surface area contributed by atoms with Crippen LogP contribution in [0.1, 0.15) is 82.4 Å². The molecule has 308 valence electrons. The number of nitrogens with one attached hydrogen (secondary N) is 1. The third-order valence-corrected chi connectivity index (χ3v) is 16.4. The molecule has 3 atom stereocenters. The van der Waals surface area contributed by atoms with E-state index in [2.05, 4.69) is 111 Å². The Hall–Kier alpha value is -5.33. The van der Waals surface area contributed by atoms with E-state index < -0.39 is 20.5 Å². The van der Waals surface area contributed by atoms with Gasteiger partial charge >= 0.3 is 6.09 Å². The summed E-state index contributed by atoms with van der Waals surface area (Å²) in [4.78, 5) is 13.5. The fourth-order valence-electron chi connectivity index (χ4n) is 8.24. The van der Waals surface area contributed by atoms with Crippen molar-refractivity contribution in [2.45, 2.75) is 108 Å². The lowest BCUT2D eigenvalue weighted by Gasteiger charge is -2.45. The van der Waals surface area contributed by atoms with Crippen LogP contribution < -0.4 is 20.4 Å². The number of carbonyl (C=O) groups is 1. The van der Waals surface area contributed by atoms with Gasteiger partial charge in [-0.25, -0.2) is 4.79 Å². The molecule has 0 heterocycles. The number of hydrogen-bond donors (Lipinski definition) is 3. The van der Waals surface area contributed by atoms with Crippen molar-refractivity contribution >= 4 is 24.8 Å². The summed E-state index contributed by atoms with van der Waals surface area (Å²) in [6.45, 7) is 7.04. The van der Waals surface area contributed by atoms with Crippen LogP contribution in [-0.4, -0.2) is 50.0 Å². The van der Waals surface area contributed by atoms with Gasteiger partial charge in [-0.1, -0.05) is 136 Å². The van der Waals surface area contributed by atoms with Crippen LogP contribution in [0.2, 0.25) is 5.04 Å². The van der Waals surface area contributed by atoms with E-state index in [9.17, 15) is 15.0 Å². The van der Waals surface area contributed by atoms with E-state index in [1.54, 1.807) is 13.2 Å². The van der Waals surface area contributed by atoms with Crippen LogP contribution in [0.25, 0.3) is 11.1 Å². The van der Waals surface area contributed by atoms with Crippen LogP contribution in [0.3, 0.4) is 0 Å². The highest BCUT2D eigenvalue weighted by Gasteiger charge is 2.51. The van der Waals surface area contributed by atoms with Crippen molar-refractivity contribution in [3.05, 3.63) is 144 Å². The van der Waals surface area contributed by atoms with Crippen LogP contribution >= 0.6 is 0 Å². The number of fused-ring (bicyclic) bond motifs is 5. The van der Waals surface area contributed by atoms with Gasteiger partial charge in [-0.05, 0) is 101 Å². The minimum absolute atomic E-state index is 0.160. The second-order valence-electron chi connectivity index (χ2n) is 16.6. The Balaban J connectivity index is 1.41. The van der Waals surface area contributed by atoms with Gasteiger partial charge in [0.15, 0.2) is 0 Å². The van der Waals surface area contributed by atoms with E-state index >= 15 is 0 Å². The number of carbonyl (C=O) groups excluding carboxylic acids is 1. The fraction of sp³-hybridized carbons (Fsp3) is 0.353. The zero-order valence-electron chi connectivity index (χ0n) is 35.0. The zero-order valence-corrected chi connectivity index (χ0v) is 36.0. The van der Waals surface area contributed by atoms with Crippen molar-refractivity contribution in [3.8, 4) is 34.5 Å². The number of aliphatic hydroxyl groups excluding tert-OH is 1. The van der Waals surface area contributed by atoms with Gasteiger partial charge in [0.25, 0.3) is 8.32 Å². The Labute approximate surface area is 351 Å². The molecular weight excluding hydrogens is 751 g/mol. The molecule has 59 heavy (non-hydrogen) atoms. The van der Waals surface area contributed by atoms with E-state index in [0.29, 0.717) is 56.3 Å². The third kappa shape index (κ3) is 11.4. The van der Waals surface area contributed by atoms with Gasteiger partial charge in [0, 0.05) is 29.7 Å². The fourth-order valence-corrected chi connectivity index (χ4v) is 13.0. The van der Waals surface area contributed by atoms with Crippen LogP contribution in [0.5, 0.6) is 11.5 Å². The molecule has 1 amide bonds. The van der Waals surface area contributed by atoms with E-state index in [0.717, 1.165) is 35.1 Å². The molecule has 8 heteroatoms. The lowest BCUT2D eigenvalue weighted by Crippen LogP contribution is -2.68. The summed E-state index contributed by atoms with van der Waals surface area (Å²) in [6.07, 6.45) is 4.57. The lowest BCUT2D eigenvalue weighted by atomic mass is 9.94. The molecule has 5 aromatic rings. The number of aliphatic hydroxyl groups is 1. The zero-order chi connectivity index (χ0) is 41.7. The first-order chi connectivity index (χ1) is 28.6. The number of alkyl carbamates (subject to hydrolysis) is 1. The molecule has 0 fully saturated rings. The molecule has 0 radical (unpaired) electrons. The topological polar surface area (TPSA) is 97.2 Å². The number of amides is 1. The van der Waals surface area contributed by atoms with Gasteiger partial charge in [-0.2, -0.15) is 0 Å². The minimum Gasteiger partial charge on any atom is -0.507 e. The number of benzene rings is 5. The summed E-state index contributed by atoms with van der Waals surface area (Å²) in [5.41, 5.74) is 4.47. The standard InChI is InChI=1S/C51H59NO6Si/c1-51(2,3)59(44-22-14-8-15-23-44,45-24-16-9-17-25-45)58-43-31-27-39-29-33-49(56-4)47(35-39)46-34-38(28-32-48(46)54)26-30-42(53)21-13-6-5-12-20-41(36-43)52-50(55)57-37-40-18-10-7-11-19-40/h7-11,14-19,22-25,28-29,32-35,41-43,53-54H,5-6,12,20,26-27,30-31,36-37H2,1-4H3,(H,52,55)/t41-,42?,43+/m1/s1. The number of phenols is 1. The van der Waals surface area contributed by atoms with E-state index in [1.165, 1.54) is 10.4 Å². The number of aromatic hydroxyl groups is 1. The van der Waals surface area contributed by atoms with Crippen molar-refractivity contribution < 1.29 is 28.9 Å². The first-order valence-corrected chi connectivity index (χ1v) is 22.9. The quantitative estimate of drug-likeness (QED) is 0.107. The highest BCUT2D eigenvalue weighted by Crippen LogP contribution is 2.40. The van der Waals surface area contributed by atoms with E-state index in [1.807, 2.05) is 48.5 Å². The average Bonchev–Trinajstić information content (AvgIpc) is 3.24. The van der Waals surface area contributed by atoms with Crippen LogP contribution in [0.4, 0.5) is 4.79 Å². The highest BCUT2D eigenvalue weighted by atomic mass is 28.4. The predicted molar refractivity (Wildman–Crippen MR) is 240 cm³/mol. The largest absolute Gasteiger partial charge is 0.507 e. The number of rotatable bonds is 8. The normalized spacial score (nSPS) is 18.1. The maximum Gasteiger partial charge on any atom is 0.407 e. The number of hydrogen-bond acceptors (Lipinski definition) is 6. The molecule has 7 nitrogen and oxygen atoms in total. The molecule has 0 spiro atoms. The summed E-state index contributed by atoms with van der Waals surface area (Å²) in [5, 5.41) is 27.3. The minimum atomic E-state index is -3.00. The molecule has 5 aromatic carbocycles. The maximum atomic E-state index is 13.5. The molecular formula is C51H59NO6Si. The molecule has 1 aliphatic rings.